The van der Waals surface area contributed by atoms with Crippen LogP contribution in [0.15, 0.2) is 22.7 Å². The van der Waals surface area contributed by atoms with Gasteiger partial charge in [0.15, 0.2) is 14.9 Å². The van der Waals surface area contributed by atoms with Crippen LogP contribution in [0.5, 0.6) is 0 Å². The number of sulfone groups is 1. The number of aryl methyl sites for hydroxylation is 1. The highest BCUT2D eigenvalue weighted by atomic mass is 79.9. The monoisotopic (exact) mass is 355 g/mol. The van der Waals surface area contributed by atoms with Crippen molar-refractivity contribution in [2.45, 2.75) is 13.3 Å². The summed E-state index contributed by atoms with van der Waals surface area (Å²) in [4.78, 5) is 0. The maximum Gasteiger partial charge on any atom is 0.247 e. The molecule has 0 amide bonds. The van der Waals surface area contributed by atoms with Gasteiger partial charge in [-0.15, -0.1) is 0 Å². The van der Waals surface area contributed by atoms with E-state index in [2.05, 4.69) is 20.7 Å². The molecule has 5 nitrogen and oxygen atoms in total. The molecule has 0 atom stereocenters. The number of anilines is 1. The van der Waals surface area contributed by atoms with Gasteiger partial charge in [0.25, 0.3) is 0 Å². The van der Waals surface area contributed by atoms with Crippen molar-refractivity contribution in [3.8, 4) is 0 Å². The van der Waals surface area contributed by atoms with E-state index < -0.39 is 24.9 Å². The van der Waals surface area contributed by atoms with Crippen LogP contribution in [0.1, 0.15) is 12.5 Å². The van der Waals surface area contributed by atoms with Crippen LogP contribution in [-0.4, -0.2) is 28.2 Å². The molecule has 1 rings (SSSR count). The summed E-state index contributed by atoms with van der Waals surface area (Å²) in [5, 5.41) is -0.917. The molecule has 102 valence electrons. The van der Waals surface area contributed by atoms with Crippen molar-refractivity contribution in [2.24, 2.45) is 0 Å². The molecule has 0 saturated carbocycles. The van der Waals surface area contributed by atoms with Crippen molar-refractivity contribution in [1.82, 2.24) is 0 Å². The highest BCUT2D eigenvalue weighted by Gasteiger charge is 2.19. The Morgan fingerprint density at radius 3 is 2.33 bits per heavy atom. The predicted molar refractivity (Wildman–Crippen MR) is 75.8 cm³/mol. The predicted octanol–water partition coefficient (Wildman–Crippen LogP) is 1.76. The van der Waals surface area contributed by atoms with Crippen molar-refractivity contribution >= 4 is 41.5 Å². The SMILES string of the molecule is CCc1cc(Br)ccc1NS(=O)(=O)CS(C)(=O)=O. The first kappa shape index (κ1) is 15.5. The number of sulfonamides is 1. The first-order valence-corrected chi connectivity index (χ1v) is 9.60. The third kappa shape index (κ3) is 4.95. The summed E-state index contributed by atoms with van der Waals surface area (Å²) in [5.41, 5.74) is 1.20. The van der Waals surface area contributed by atoms with E-state index in [0.717, 1.165) is 16.3 Å². The average molecular weight is 356 g/mol. The summed E-state index contributed by atoms with van der Waals surface area (Å²) < 4.78 is 48.5. The zero-order chi connectivity index (χ0) is 14.0. The molecule has 8 heteroatoms. The molecule has 1 aromatic rings. The van der Waals surface area contributed by atoms with Gasteiger partial charge < -0.3 is 0 Å². The number of hydrogen-bond acceptors (Lipinski definition) is 4. The van der Waals surface area contributed by atoms with Crippen LogP contribution in [0.2, 0.25) is 0 Å². The minimum atomic E-state index is -3.89. The van der Waals surface area contributed by atoms with Gasteiger partial charge in [-0.05, 0) is 30.2 Å². The maximum atomic E-state index is 11.7. The minimum Gasteiger partial charge on any atom is -0.282 e. The zero-order valence-electron chi connectivity index (χ0n) is 9.97. The van der Waals surface area contributed by atoms with Gasteiger partial charge in [-0.3, -0.25) is 4.72 Å². The molecule has 1 N–H and O–H groups in total. The highest BCUT2D eigenvalue weighted by Crippen LogP contribution is 2.22. The molecule has 0 saturated heterocycles. The Bertz CT molecular complexity index is 638. The Morgan fingerprint density at radius 2 is 1.83 bits per heavy atom. The number of hydrogen-bond donors (Lipinski definition) is 1. The lowest BCUT2D eigenvalue weighted by atomic mass is 10.1. The van der Waals surface area contributed by atoms with Crippen LogP contribution >= 0.6 is 15.9 Å². The topological polar surface area (TPSA) is 80.3 Å². The standard InChI is InChI=1S/C10H14BrNO4S2/c1-3-8-6-9(11)4-5-10(8)12-18(15,16)7-17(2,13)14/h4-6,12H,3,7H2,1-2H3. The van der Waals surface area contributed by atoms with E-state index in [1.54, 1.807) is 18.2 Å². The molecular formula is C10H14BrNO4S2. The van der Waals surface area contributed by atoms with Crippen LogP contribution in [0.4, 0.5) is 5.69 Å². The van der Waals surface area contributed by atoms with Crippen molar-refractivity contribution in [2.75, 3.05) is 16.1 Å². The lowest BCUT2D eigenvalue weighted by molar-refractivity contribution is 0.595. The van der Waals surface area contributed by atoms with E-state index in [0.29, 0.717) is 12.1 Å². The highest BCUT2D eigenvalue weighted by molar-refractivity contribution is 9.10. The van der Waals surface area contributed by atoms with E-state index in [4.69, 9.17) is 0 Å². The minimum absolute atomic E-state index is 0.407. The Kier molecular flexibility index (Phi) is 4.79. The fourth-order valence-electron chi connectivity index (χ4n) is 1.43. The zero-order valence-corrected chi connectivity index (χ0v) is 13.2. The lowest BCUT2D eigenvalue weighted by Gasteiger charge is -2.11. The van der Waals surface area contributed by atoms with Gasteiger partial charge in [0.05, 0.1) is 5.69 Å². The van der Waals surface area contributed by atoms with Gasteiger partial charge in [0.1, 0.15) is 0 Å². The molecule has 18 heavy (non-hydrogen) atoms. The van der Waals surface area contributed by atoms with Crippen LogP contribution in [-0.2, 0) is 26.3 Å². The summed E-state index contributed by atoms with van der Waals surface area (Å²) in [6.07, 6.45) is 1.52. The molecule has 0 heterocycles. The summed E-state index contributed by atoms with van der Waals surface area (Å²) in [6, 6.07) is 5.08. The first-order valence-electron chi connectivity index (χ1n) is 5.09. The fourth-order valence-corrected chi connectivity index (χ4v) is 4.87. The third-order valence-corrected chi connectivity index (χ3v) is 6.06. The van der Waals surface area contributed by atoms with Gasteiger partial charge in [-0.25, -0.2) is 16.8 Å². The normalized spacial score (nSPS) is 12.4. The molecular weight excluding hydrogens is 342 g/mol. The second-order valence-electron chi connectivity index (χ2n) is 3.92. The molecule has 0 unspecified atom stereocenters. The first-order chi connectivity index (χ1) is 8.13. The van der Waals surface area contributed by atoms with E-state index >= 15 is 0 Å². The van der Waals surface area contributed by atoms with Crippen LogP contribution in [0.25, 0.3) is 0 Å². The summed E-state index contributed by atoms with van der Waals surface area (Å²) in [6.45, 7) is 1.89. The molecule has 0 bridgehead atoms. The van der Waals surface area contributed by atoms with Crippen molar-refractivity contribution in [3.05, 3.63) is 28.2 Å². The Balaban J connectivity index is 3.05. The summed E-state index contributed by atoms with van der Waals surface area (Å²) in [7, 11) is -7.48. The van der Waals surface area contributed by atoms with Crippen LogP contribution in [0.3, 0.4) is 0 Å². The van der Waals surface area contributed by atoms with Crippen molar-refractivity contribution < 1.29 is 16.8 Å². The van der Waals surface area contributed by atoms with E-state index in [9.17, 15) is 16.8 Å². The number of nitrogens with one attached hydrogen (secondary N) is 1. The van der Waals surface area contributed by atoms with E-state index in [-0.39, 0.29) is 0 Å². The lowest BCUT2D eigenvalue weighted by Crippen LogP contribution is -2.22. The molecule has 0 radical (unpaired) electrons. The summed E-state index contributed by atoms with van der Waals surface area (Å²) >= 11 is 3.29. The number of halogens is 1. The van der Waals surface area contributed by atoms with Crippen LogP contribution < -0.4 is 4.72 Å². The van der Waals surface area contributed by atoms with Gasteiger partial charge in [-0.2, -0.15) is 0 Å². The second-order valence-corrected chi connectivity index (χ2v) is 9.06. The van der Waals surface area contributed by atoms with Gasteiger partial charge in [0.2, 0.25) is 10.0 Å². The third-order valence-electron chi connectivity index (χ3n) is 2.08. The molecule has 0 aliphatic heterocycles. The van der Waals surface area contributed by atoms with Gasteiger partial charge in [-0.1, -0.05) is 22.9 Å². The number of benzene rings is 1. The molecule has 1 aromatic carbocycles. The number of rotatable bonds is 5. The Morgan fingerprint density at radius 1 is 1.22 bits per heavy atom. The van der Waals surface area contributed by atoms with E-state index in [1.807, 2.05) is 6.92 Å². The molecule has 0 aromatic heterocycles. The van der Waals surface area contributed by atoms with Crippen LogP contribution in [0, 0.1) is 0 Å². The Labute approximate surface area is 116 Å². The Hall–Kier alpha value is -0.600. The van der Waals surface area contributed by atoms with Gasteiger partial charge in [0, 0.05) is 10.7 Å². The smallest absolute Gasteiger partial charge is 0.247 e. The van der Waals surface area contributed by atoms with Crippen molar-refractivity contribution in [1.29, 1.82) is 0 Å². The van der Waals surface area contributed by atoms with Gasteiger partial charge >= 0.3 is 0 Å². The fraction of sp³-hybridized carbons (Fsp3) is 0.400. The quantitative estimate of drug-likeness (QED) is 0.872. The average Bonchev–Trinajstić information content (AvgIpc) is 2.16. The molecule has 0 spiro atoms. The largest absolute Gasteiger partial charge is 0.282 e. The second kappa shape index (κ2) is 5.58. The molecule has 0 fully saturated rings. The van der Waals surface area contributed by atoms with Crippen molar-refractivity contribution in [3.63, 3.8) is 0 Å². The molecule has 0 aliphatic rings. The van der Waals surface area contributed by atoms with E-state index in [1.165, 1.54) is 0 Å². The molecule has 0 aliphatic carbocycles. The maximum absolute atomic E-state index is 11.7. The summed E-state index contributed by atoms with van der Waals surface area (Å²) in [5.74, 6) is 0.